The first-order valence-electron chi connectivity index (χ1n) is 49.9. The molecule has 0 aliphatic rings. The van der Waals surface area contributed by atoms with E-state index in [1.807, 2.05) is 290 Å². The Morgan fingerprint density at radius 3 is 1.02 bits per heavy atom. The van der Waals surface area contributed by atoms with Gasteiger partial charge in [0, 0.05) is 115 Å². The number of methoxy groups -OCH3 is 4. The normalized spacial score (nSPS) is 12.3. The Morgan fingerprint density at radius 1 is 0.376 bits per heavy atom. The van der Waals surface area contributed by atoms with Crippen LogP contribution in [-0.2, 0) is 57.5 Å². The fraction of sp³-hybridized carbons (Fsp3) is 0.294. The highest BCUT2D eigenvalue weighted by atomic mass is 128. The molecule has 792 valence electrons. The molecule has 0 radical (unpaired) electrons. The highest BCUT2D eigenvalue weighted by molar-refractivity contribution is 15.0. The number of halogens is 4. The van der Waals surface area contributed by atoms with E-state index < -0.39 is 25.2 Å². The molecule has 0 heterocycles. The molecule has 0 aromatic heterocycles. The fourth-order valence-corrected chi connectivity index (χ4v) is 18.1. The Hall–Kier alpha value is -11.6. The highest BCUT2D eigenvalue weighted by Crippen LogP contribution is 2.47. The number of Topliss-reactive ketones (excluding diaryl/α,β-unsaturated/α-hetero) is 1. The monoisotopic (exact) mass is 2350 g/mol. The minimum absolute atomic E-state index is 0. The minimum atomic E-state index is -2.75. The van der Waals surface area contributed by atoms with Crippen LogP contribution in [0.25, 0.3) is 28.4 Å². The number of carbonyl (C=O) groups excluding carboxylic acids is 5. The molecule has 5 atom stereocenters. The number of hydrogen-bond acceptors (Lipinski definition) is 18. The molecule has 23 heteroatoms. The zero-order valence-corrected chi connectivity index (χ0v) is 95.6. The quantitative estimate of drug-likeness (QED) is 0.00431. The van der Waals surface area contributed by atoms with Gasteiger partial charge < -0.3 is 57.0 Å². The van der Waals surface area contributed by atoms with Crippen molar-refractivity contribution in [3.05, 3.63) is 445 Å². The summed E-state index contributed by atoms with van der Waals surface area (Å²) in [7, 11) is 3.86. The average Bonchev–Trinajstić information content (AvgIpc) is 0.750. The van der Waals surface area contributed by atoms with Crippen molar-refractivity contribution in [1.82, 2.24) is 0 Å². The van der Waals surface area contributed by atoms with Crippen LogP contribution in [0.4, 0.5) is 0 Å². The van der Waals surface area contributed by atoms with E-state index >= 15 is 0 Å². The number of carbonyl (C=O) groups is 5. The highest BCUT2D eigenvalue weighted by Gasteiger charge is 2.41. The molecule has 0 aliphatic heterocycles. The van der Waals surface area contributed by atoms with Crippen molar-refractivity contribution >= 4 is 130 Å². The summed E-state index contributed by atoms with van der Waals surface area (Å²) in [6.07, 6.45) is 7.46. The molecule has 0 bridgehead atoms. The van der Waals surface area contributed by atoms with E-state index in [4.69, 9.17) is 58.8 Å². The number of allylic oxidation sites excluding steroid dienone is 2. The lowest BCUT2D eigenvalue weighted by molar-refractivity contribution is -0.140. The second-order valence-corrected chi connectivity index (χ2v) is 37.0. The number of benzene rings is 13. The Bertz CT molecular complexity index is 6100. The van der Waals surface area contributed by atoms with Crippen LogP contribution < -0.4 is 18.9 Å². The Labute approximate surface area is 922 Å². The van der Waals surface area contributed by atoms with Crippen molar-refractivity contribution in [3.8, 4) is 23.0 Å². The van der Waals surface area contributed by atoms with E-state index in [1.165, 1.54) is 46.2 Å². The number of ether oxygens (including phenoxy) is 10. The van der Waals surface area contributed by atoms with E-state index in [2.05, 4.69) is 176 Å². The largest absolute Gasteiger partial charge is 0.497 e. The summed E-state index contributed by atoms with van der Waals surface area (Å²) in [5.74, 6) is 2.22. The third-order valence-electron chi connectivity index (χ3n) is 23.5. The molecule has 5 unspecified atom stereocenters. The topological polar surface area (TPSA) is 224 Å². The number of hydrogen-bond donors (Lipinski definition) is 1. The lowest BCUT2D eigenvalue weighted by Crippen LogP contribution is -2.35. The van der Waals surface area contributed by atoms with Crippen molar-refractivity contribution < 1.29 is 85.5 Å². The van der Waals surface area contributed by atoms with Crippen LogP contribution in [0.5, 0.6) is 23.0 Å². The van der Waals surface area contributed by atoms with Crippen molar-refractivity contribution in [2.45, 2.75) is 159 Å². The first kappa shape index (κ1) is 128. The number of aliphatic hydroxyl groups is 1. The lowest BCUT2D eigenvalue weighted by Gasteiger charge is -2.37. The van der Waals surface area contributed by atoms with Crippen molar-refractivity contribution in [3.63, 3.8) is 0 Å². The number of rotatable bonds is 43. The van der Waals surface area contributed by atoms with Crippen molar-refractivity contribution in [2.75, 3.05) is 87.5 Å². The van der Waals surface area contributed by atoms with Crippen molar-refractivity contribution in [2.24, 2.45) is 0 Å². The molecule has 0 aliphatic carbocycles. The first-order valence-corrected chi connectivity index (χ1v) is 59.6. The average molecular weight is 2350 g/mol. The number of aldehydes is 1. The number of ketones is 1. The second kappa shape index (κ2) is 72.0. The maximum Gasteiger partial charge on any atom is 0.330 e. The molecule has 1 N–H and O–H groups in total. The first-order chi connectivity index (χ1) is 71.8. The van der Waals surface area contributed by atoms with Gasteiger partial charge in [0.15, 0.2) is 18.4 Å². The molecular formula is C126H147BrClI2O18P. The van der Waals surface area contributed by atoms with Gasteiger partial charge in [0.05, 0.1) is 54.2 Å². The molecule has 13 aromatic rings. The molecule has 13 aromatic carbocycles. The van der Waals surface area contributed by atoms with E-state index in [0.717, 1.165) is 138 Å². The van der Waals surface area contributed by atoms with Crippen molar-refractivity contribution in [1.29, 1.82) is 0 Å². The minimum Gasteiger partial charge on any atom is -0.497 e. The van der Waals surface area contributed by atoms with Crippen LogP contribution in [-0.4, -0.2) is 122 Å². The zero-order valence-electron chi connectivity index (χ0n) is 88.1. The molecule has 0 spiro atoms. The van der Waals surface area contributed by atoms with Crippen LogP contribution in [0, 0.1) is 0 Å². The van der Waals surface area contributed by atoms with Crippen LogP contribution in [0.15, 0.2) is 356 Å². The van der Waals surface area contributed by atoms with Gasteiger partial charge in [-0.1, -0.05) is 331 Å². The molecule has 149 heavy (non-hydrogen) atoms. The summed E-state index contributed by atoms with van der Waals surface area (Å²) in [5.41, 5.74) is 19.8. The van der Waals surface area contributed by atoms with E-state index in [1.54, 1.807) is 55.3 Å². The summed E-state index contributed by atoms with van der Waals surface area (Å²) in [6, 6.07) is 114. The summed E-state index contributed by atoms with van der Waals surface area (Å²) >= 11 is 13.1. The predicted molar refractivity (Wildman–Crippen MR) is 632 cm³/mol. The van der Waals surface area contributed by atoms with Gasteiger partial charge in [-0.2, -0.15) is 0 Å². The standard InChI is InChI=1S/C28H34O4.C28H28O3.C24H22O2.C17H18O2.C11H15BrO2.C10H11ClO.C7H15O4P.CH4.I2/c1-5-26(21-11-9-8-10-12-21)28(29,24-17-19-25(30-4)20-18-24)23-15-13-22(14-16-23)27(31-6-2)32-7-3;1-4-26(22-9-7-6-8-10-22)28(24-16-18-25(30-3)19-17-24)23-14-11-21(12-15-23)13-20-27(29)31-5-2;1-3-23(19-7-5-4-6-8-19)24(20-11-9-18(17-25)10-12-20)21-13-15-22(26-2)16-14-21;1-3-16(13-7-5-4-6-8-13)17(18)14-9-11-15(19-2)12-10-14;1-3-13-11(14-4-2)9-5-7-10(12)8-6-9;1-2-9(10(11)12)8-6-4-3-5-7-8;1-4-10-7(8)6-12(3,9)11-5-2;;1-2/h8-20,26-27,29H,5-7H2,1-4H3;6-20H,4-5H2,1-3H3;4-17H,3H2,1-2H3;4-12,16H,3H2,1-2H3;5-8,11H,3-4H2,1-2H3;3-7,9H,2H2,1H3;4-6H2,1-3H3;1H4;/b;20-13+,28-26-;;;;;;;. The molecule has 0 amide bonds. The Balaban J connectivity index is 0.000000314. The van der Waals surface area contributed by atoms with Crippen LogP contribution in [0.2, 0.25) is 0 Å². The predicted octanol–water partition coefficient (Wildman–Crippen LogP) is 33.2. The van der Waals surface area contributed by atoms with Gasteiger partial charge in [-0.05, 0) is 260 Å². The van der Waals surface area contributed by atoms with E-state index in [9.17, 15) is 33.6 Å². The van der Waals surface area contributed by atoms with Crippen LogP contribution in [0.1, 0.15) is 252 Å². The Kier molecular flexibility index (Phi) is 61.8. The third-order valence-corrected chi connectivity index (χ3v) is 26.0. The van der Waals surface area contributed by atoms with Gasteiger partial charge >= 0.3 is 11.9 Å². The van der Waals surface area contributed by atoms with Gasteiger partial charge in [0.25, 0.3) is 0 Å². The molecule has 0 saturated carbocycles. The molecule has 13 rings (SSSR count). The molecule has 18 nitrogen and oxygen atoms in total. The maximum absolute atomic E-state index is 12.5. The van der Waals surface area contributed by atoms with Gasteiger partial charge in [-0.25, -0.2) is 4.79 Å². The van der Waals surface area contributed by atoms with Crippen LogP contribution >= 0.6 is 72.1 Å². The Morgan fingerprint density at radius 2 is 0.698 bits per heavy atom. The fourth-order valence-electron chi connectivity index (χ4n) is 16.4. The number of esters is 2. The summed E-state index contributed by atoms with van der Waals surface area (Å²) < 4.78 is 70.4. The van der Waals surface area contributed by atoms with E-state index in [0.29, 0.717) is 51.8 Å². The van der Waals surface area contributed by atoms with Gasteiger partial charge in [-0.3, -0.25) is 23.7 Å². The van der Waals surface area contributed by atoms with Gasteiger partial charge in [-0.15, -0.1) is 0 Å². The third kappa shape index (κ3) is 42.0. The molecule has 0 fully saturated rings. The van der Waals surface area contributed by atoms with Gasteiger partial charge in [0.2, 0.25) is 12.6 Å². The summed E-state index contributed by atoms with van der Waals surface area (Å²) in [6.45, 7) is 28.4. The summed E-state index contributed by atoms with van der Waals surface area (Å²) in [4.78, 5) is 56.9. The maximum atomic E-state index is 12.5. The SMILES string of the molecule is C.CCC(=C(c1ccc(C=O)cc1)c1ccc(OC)cc1)c1ccccc1.CCC(C(=O)Cl)c1ccccc1.CCC(C(=O)c1ccc(OC)cc1)c1ccccc1.CCOC(=O)/C=C/c1ccc(/C(=C(\CC)c2ccccc2)c2ccc(OC)cc2)cc1.CCOC(=O)CP(C)(=O)OCC.CCOC(OCC)c1ccc(Br)cc1.CCOC(OCC)c1ccc(C(O)(c2ccc(OC)cc2)C(CC)c2ccccc2)cc1.II. The second-order valence-electron chi connectivity index (χ2n) is 33.1. The lowest BCUT2D eigenvalue weighted by atomic mass is 9.71. The zero-order chi connectivity index (χ0) is 108. The summed E-state index contributed by atoms with van der Waals surface area (Å²) in [5, 5.41) is 12.1. The smallest absolute Gasteiger partial charge is 0.330 e. The molecule has 0 saturated heterocycles. The van der Waals surface area contributed by atoms with Gasteiger partial charge in [0.1, 0.15) is 41.0 Å². The van der Waals surface area contributed by atoms with Crippen LogP contribution in [0.3, 0.4) is 0 Å². The molecular weight excluding hydrogens is 2200 g/mol. The van der Waals surface area contributed by atoms with E-state index in [-0.39, 0.29) is 54.6 Å².